The fourth-order valence-corrected chi connectivity index (χ4v) is 1.88. The molecule has 0 spiro atoms. The van der Waals surface area contributed by atoms with Gasteiger partial charge in [0.1, 0.15) is 5.75 Å². The zero-order chi connectivity index (χ0) is 14.0. The van der Waals surface area contributed by atoms with Crippen molar-refractivity contribution in [3.05, 3.63) is 39.4 Å². The van der Waals surface area contributed by atoms with Gasteiger partial charge in [-0.2, -0.15) is 0 Å². The predicted molar refractivity (Wildman–Crippen MR) is 61.0 cm³/mol. The van der Waals surface area contributed by atoms with Crippen molar-refractivity contribution in [3.63, 3.8) is 0 Å². The summed E-state index contributed by atoms with van der Waals surface area (Å²) in [5.41, 5.74) is 0.114. The minimum absolute atomic E-state index is 0.000370. The minimum Gasteiger partial charge on any atom is -0.507 e. The maximum atomic E-state index is 11.9. The molecule has 0 aliphatic carbocycles. The Hall–Kier alpha value is -2.64. The first-order chi connectivity index (χ1) is 9.02. The van der Waals surface area contributed by atoms with Crippen LogP contribution >= 0.6 is 0 Å². The molecule has 100 valence electrons. The molecule has 0 fully saturated rings. The number of aromatic hydroxyl groups is 1. The summed E-state index contributed by atoms with van der Waals surface area (Å²) in [7, 11) is 0. The molecule has 1 N–H and O–H groups in total. The summed E-state index contributed by atoms with van der Waals surface area (Å²) in [6.07, 6.45) is 0.146. The van der Waals surface area contributed by atoms with Gasteiger partial charge in [0.15, 0.2) is 0 Å². The van der Waals surface area contributed by atoms with Crippen LogP contribution in [0.5, 0.6) is 5.75 Å². The molecule has 1 aromatic rings. The number of benzene rings is 1. The molecule has 0 atom stereocenters. The van der Waals surface area contributed by atoms with Crippen LogP contribution < -0.4 is 0 Å². The maximum Gasteiger partial charge on any atom is 0.294 e. The zero-order valence-electron chi connectivity index (χ0n) is 9.74. The van der Waals surface area contributed by atoms with Gasteiger partial charge >= 0.3 is 0 Å². The lowest BCUT2D eigenvalue weighted by atomic mass is 10.1. The second-order valence-electron chi connectivity index (χ2n) is 3.87. The summed E-state index contributed by atoms with van der Waals surface area (Å²) in [6.45, 7) is -0.202. The number of carbonyl (C=O) groups is 2. The summed E-state index contributed by atoms with van der Waals surface area (Å²) < 4.78 is 0. The van der Waals surface area contributed by atoms with E-state index in [1.54, 1.807) is 0 Å². The molecule has 0 unspecified atom stereocenters. The molecule has 8 nitrogen and oxygen atoms in total. The Balaban J connectivity index is 2.06. The van der Waals surface area contributed by atoms with Gasteiger partial charge in [-0.25, -0.2) is 0 Å². The molecule has 1 heterocycles. The van der Waals surface area contributed by atoms with Crippen molar-refractivity contribution in [1.82, 2.24) is 4.90 Å². The first kappa shape index (κ1) is 12.8. The summed E-state index contributed by atoms with van der Waals surface area (Å²) in [5.74, 6) is -1.36. The van der Waals surface area contributed by atoms with E-state index in [4.69, 9.17) is 0 Å². The topological polar surface area (TPSA) is 110 Å². The molecule has 0 radical (unpaired) electrons. The lowest BCUT2D eigenvalue weighted by Crippen LogP contribution is -2.31. The Morgan fingerprint density at radius 1 is 1.32 bits per heavy atom. The molecule has 0 saturated carbocycles. The SMILES string of the molecule is O=C1c2cccc(O)c2C(=O)N1CCCO[N+](=O)[O-]. The fourth-order valence-electron chi connectivity index (χ4n) is 1.88. The number of phenols is 1. The molecule has 1 aromatic carbocycles. The summed E-state index contributed by atoms with van der Waals surface area (Å²) in [6, 6.07) is 4.24. The second kappa shape index (κ2) is 4.92. The standard InChI is InChI=1S/C11H10N2O6/c14-8-4-1-3-7-9(8)11(16)12(10(7)15)5-2-6-19-13(17)18/h1,3-4,14H,2,5-6H2. The number of rotatable bonds is 5. The highest BCUT2D eigenvalue weighted by Crippen LogP contribution is 2.29. The maximum absolute atomic E-state index is 11.9. The quantitative estimate of drug-likeness (QED) is 0.361. The number of hydrogen-bond acceptors (Lipinski definition) is 6. The lowest BCUT2D eigenvalue weighted by molar-refractivity contribution is -0.757. The van der Waals surface area contributed by atoms with Crippen molar-refractivity contribution in [2.45, 2.75) is 6.42 Å². The Labute approximate surface area is 107 Å². The van der Waals surface area contributed by atoms with E-state index in [1.165, 1.54) is 18.2 Å². The number of carbonyl (C=O) groups excluding carboxylic acids is 2. The predicted octanol–water partition coefficient (Wildman–Crippen LogP) is 0.587. The van der Waals surface area contributed by atoms with Crippen LogP contribution in [0.4, 0.5) is 0 Å². The van der Waals surface area contributed by atoms with E-state index in [1.807, 2.05) is 0 Å². The molecule has 0 aromatic heterocycles. The molecule has 2 amide bonds. The van der Waals surface area contributed by atoms with Gasteiger partial charge < -0.3 is 9.94 Å². The van der Waals surface area contributed by atoms with Crippen LogP contribution in [0.1, 0.15) is 27.1 Å². The third-order valence-electron chi connectivity index (χ3n) is 2.70. The number of fused-ring (bicyclic) bond motifs is 1. The van der Waals surface area contributed by atoms with Gasteiger partial charge in [-0.3, -0.25) is 14.5 Å². The van der Waals surface area contributed by atoms with Crippen LogP contribution in [0.3, 0.4) is 0 Å². The van der Waals surface area contributed by atoms with E-state index in [-0.39, 0.29) is 36.4 Å². The van der Waals surface area contributed by atoms with Crippen molar-refractivity contribution < 1.29 is 24.6 Å². The highest BCUT2D eigenvalue weighted by molar-refractivity contribution is 6.22. The highest BCUT2D eigenvalue weighted by Gasteiger charge is 2.37. The smallest absolute Gasteiger partial charge is 0.294 e. The van der Waals surface area contributed by atoms with Crippen LogP contribution in [0, 0.1) is 10.1 Å². The van der Waals surface area contributed by atoms with Gasteiger partial charge in [-0.1, -0.05) is 6.07 Å². The molecular weight excluding hydrogens is 256 g/mol. The van der Waals surface area contributed by atoms with Crippen LogP contribution in [0.15, 0.2) is 18.2 Å². The first-order valence-electron chi connectivity index (χ1n) is 5.48. The third-order valence-corrected chi connectivity index (χ3v) is 2.70. The molecule has 8 heteroatoms. The largest absolute Gasteiger partial charge is 0.507 e. The molecule has 2 rings (SSSR count). The Morgan fingerprint density at radius 2 is 2.05 bits per heavy atom. The molecule has 1 aliphatic heterocycles. The number of imide groups is 1. The normalized spacial score (nSPS) is 13.6. The van der Waals surface area contributed by atoms with Gasteiger partial charge in [-0.05, 0) is 18.6 Å². The number of hydrogen-bond donors (Lipinski definition) is 1. The van der Waals surface area contributed by atoms with Crippen molar-refractivity contribution in [3.8, 4) is 5.75 Å². The zero-order valence-corrected chi connectivity index (χ0v) is 9.74. The highest BCUT2D eigenvalue weighted by atomic mass is 16.9. The summed E-state index contributed by atoms with van der Waals surface area (Å²) in [5, 5.41) is 18.6. The number of nitrogens with zero attached hydrogens (tertiary/aromatic N) is 2. The number of amides is 2. The van der Waals surface area contributed by atoms with E-state index >= 15 is 0 Å². The molecule has 19 heavy (non-hydrogen) atoms. The van der Waals surface area contributed by atoms with Gasteiger partial charge in [0.25, 0.3) is 16.9 Å². The molecule has 0 saturated heterocycles. The van der Waals surface area contributed by atoms with E-state index in [2.05, 4.69) is 4.84 Å². The Morgan fingerprint density at radius 3 is 2.68 bits per heavy atom. The van der Waals surface area contributed by atoms with Gasteiger partial charge in [0.05, 0.1) is 17.7 Å². The van der Waals surface area contributed by atoms with Crippen molar-refractivity contribution in [1.29, 1.82) is 0 Å². The van der Waals surface area contributed by atoms with Crippen molar-refractivity contribution in [2.24, 2.45) is 0 Å². The van der Waals surface area contributed by atoms with E-state index in [0.29, 0.717) is 0 Å². The Kier molecular flexibility index (Phi) is 3.32. The van der Waals surface area contributed by atoms with E-state index in [9.17, 15) is 24.8 Å². The average molecular weight is 266 g/mol. The first-order valence-corrected chi connectivity index (χ1v) is 5.48. The minimum atomic E-state index is -0.936. The van der Waals surface area contributed by atoms with Crippen molar-refractivity contribution in [2.75, 3.05) is 13.2 Å². The van der Waals surface area contributed by atoms with Crippen molar-refractivity contribution >= 4 is 11.8 Å². The summed E-state index contributed by atoms with van der Waals surface area (Å²) in [4.78, 5) is 38.8. The van der Waals surface area contributed by atoms with Gasteiger partial charge in [0, 0.05) is 6.54 Å². The van der Waals surface area contributed by atoms with Crippen LogP contribution in [-0.2, 0) is 4.84 Å². The number of phenolic OH excluding ortho intramolecular Hbond substituents is 1. The monoisotopic (exact) mass is 266 g/mol. The molecule has 0 bridgehead atoms. The van der Waals surface area contributed by atoms with E-state index < -0.39 is 16.9 Å². The van der Waals surface area contributed by atoms with Crippen LogP contribution in [-0.4, -0.2) is 40.1 Å². The molecular formula is C11H10N2O6. The van der Waals surface area contributed by atoms with Crippen LogP contribution in [0.25, 0.3) is 0 Å². The van der Waals surface area contributed by atoms with Gasteiger partial charge in [-0.15, -0.1) is 10.1 Å². The lowest BCUT2D eigenvalue weighted by Gasteiger charge is -2.12. The fraction of sp³-hybridized carbons (Fsp3) is 0.273. The van der Waals surface area contributed by atoms with E-state index in [0.717, 1.165) is 4.90 Å². The molecule has 1 aliphatic rings. The summed E-state index contributed by atoms with van der Waals surface area (Å²) >= 11 is 0. The second-order valence-corrected chi connectivity index (χ2v) is 3.87. The van der Waals surface area contributed by atoms with Gasteiger partial charge in [0.2, 0.25) is 0 Å². The Bertz CT molecular complexity index is 556. The average Bonchev–Trinajstić information content (AvgIpc) is 2.59. The third kappa shape index (κ3) is 2.32. The van der Waals surface area contributed by atoms with Crippen LogP contribution in [0.2, 0.25) is 0 Å².